The highest BCUT2D eigenvalue weighted by Gasteiger charge is 2.16. The van der Waals surface area contributed by atoms with Crippen LogP contribution in [0.5, 0.6) is 0 Å². The molecule has 0 fully saturated rings. The second-order valence-corrected chi connectivity index (χ2v) is 9.40. The van der Waals surface area contributed by atoms with Gasteiger partial charge in [0.2, 0.25) is 0 Å². The van der Waals surface area contributed by atoms with Crippen LogP contribution in [0.4, 0.5) is 0 Å². The zero-order valence-electron chi connectivity index (χ0n) is 19.8. The fraction of sp³-hybridized carbons (Fsp3) is 0. The van der Waals surface area contributed by atoms with Gasteiger partial charge >= 0.3 is 0 Å². The van der Waals surface area contributed by atoms with Crippen LogP contribution >= 0.6 is 0 Å². The van der Waals surface area contributed by atoms with E-state index in [1.807, 2.05) is 30.5 Å². The largest absolute Gasteiger partial charge is 0.455 e. The van der Waals surface area contributed by atoms with Crippen molar-refractivity contribution in [3.8, 4) is 22.4 Å². The lowest BCUT2D eigenvalue weighted by Crippen LogP contribution is -1.92. The summed E-state index contributed by atoms with van der Waals surface area (Å²) in [5.74, 6) is 0. The van der Waals surface area contributed by atoms with Gasteiger partial charge in [-0.15, -0.1) is 0 Å². The smallest absolute Gasteiger partial charge is 0.143 e. The molecule has 3 heterocycles. The molecule has 0 aliphatic carbocycles. The van der Waals surface area contributed by atoms with Crippen LogP contribution in [0.3, 0.4) is 0 Å². The zero-order chi connectivity index (χ0) is 24.3. The van der Waals surface area contributed by atoms with Crippen molar-refractivity contribution in [1.29, 1.82) is 0 Å². The average molecular weight is 473 g/mol. The predicted molar refractivity (Wildman–Crippen MR) is 153 cm³/mol. The Morgan fingerprint density at radius 2 is 1.41 bits per heavy atom. The molecule has 0 aliphatic rings. The lowest BCUT2D eigenvalue weighted by atomic mass is 9.95. The summed E-state index contributed by atoms with van der Waals surface area (Å²) in [5, 5.41) is 6.72. The minimum Gasteiger partial charge on any atom is -0.455 e. The van der Waals surface area contributed by atoms with Gasteiger partial charge in [0.25, 0.3) is 0 Å². The molecule has 3 nitrogen and oxygen atoms in total. The second-order valence-electron chi connectivity index (χ2n) is 9.40. The summed E-state index contributed by atoms with van der Waals surface area (Å²) >= 11 is 0. The molecule has 8 rings (SSSR count). The molecular formula is C34H20N2O. The SMILES string of the molecule is c1ccc(-c2nc3cc(-c4cccc5c4oc4ccccc45)ccc3c3c2ccc2cccnc23)cc1. The lowest BCUT2D eigenvalue weighted by Gasteiger charge is -2.13. The molecule has 0 saturated carbocycles. The van der Waals surface area contributed by atoms with Crippen molar-refractivity contribution in [2.75, 3.05) is 0 Å². The highest BCUT2D eigenvalue weighted by Crippen LogP contribution is 2.40. The van der Waals surface area contributed by atoms with Crippen molar-refractivity contribution < 1.29 is 4.42 Å². The number of furan rings is 1. The van der Waals surface area contributed by atoms with Crippen molar-refractivity contribution in [2.45, 2.75) is 0 Å². The molecule has 0 bridgehead atoms. The highest BCUT2D eigenvalue weighted by atomic mass is 16.3. The Morgan fingerprint density at radius 1 is 0.568 bits per heavy atom. The molecule has 0 saturated heterocycles. The van der Waals surface area contributed by atoms with Crippen LogP contribution in [0.25, 0.3) is 76.9 Å². The first-order chi connectivity index (χ1) is 18.3. The van der Waals surface area contributed by atoms with Crippen molar-refractivity contribution >= 4 is 54.5 Å². The third-order valence-electron chi connectivity index (χ3n) is 7.29. The second kappa shape index (κ2) is 7.74. The van der Waals surface area contributed by atoms with Crippen molar-refractivity contribution in [3.05, 3.63) is 121 Å². The van der Waals surface area contributed by atoms with Gasteiger partial charge in [-0.25, -0.2) is 4.98 Å². The van der Waals surface area contributed by atoms with Crippen LogP contribution in [0.1, 0.15) is 0 Å². The molecule has 3 heteroatoms. The molecule has 0 atom stereocenters. The summed E-state index contributed by atoms with van der Waals surface area (Å²) < 4.78 is 6.34. The van der Waals surface area contributed by atoms with Crippen LogP contribution in [-0.2, 0) is 0 Å². The summed E-state index contributed by atoms with van der Waals surface area (Å²) in [6.07, 6.45) is 1.87. The lowest BCUT2D eigenvalue weighted by molar-refractivity contribution is 0.670. The van der Waals surface area contributed by atoms with E-state index in [4.69, 9.17) is 14.4 Å². The van der Waals surface area contributed by atoms with Crippen molar-refractivity contribution in [2.24, 2.45) is 0 Å². The van der Waals surface area contributed by atoms with Gasteiger partial charge in [0.1, 0.15) is 11.2 Å². The van der Waals surface area contributed by atoms with Crippen LogP contribution in [0, 0.1) is 0 Å². The van der Waals surface area contributed by atoms with Gasteiger partial charge in [0.05, 0.1) is 16.7 Å². The third-order valence-corrected chi connectivity index (χ3v) is 7.29. The normalized spacial score (nSPS) is 11.8. The summed E-state index contributed by atoms with van der Waals surface area (Å²) in [7, 11) is 0. The maximum atomic E-state index is 6.34. The molecule has 0 amide bonds. The van der Waals surface area contributed by atoms with E-state index in [-0.39, 0.29) is 0 Å². The van der Waals surface area contributed by atoms with Gasteiger partial charge in [-0.05, 0) is 23.8 Å². The fourth-order valence-corrected chi connectivity index (χ4v) is 5.59. The third kappa shape index (κ3) is 3.01. The molecule has 3 aromatic heterocycles. The summed E-state index contributed by atoms with van der Waals surface area (Å²) in [6, 6.07) is 39.9. The van der Waals surface area contributed by atoms with E-state index in [2.05, 4.69) is 91.0 Å². The molecule has 0 aliphatic heterocycles. The first-order valence-electron chi connectivity index (χ1n) is 12.4. The van der Waals surface area contributed by atoms with E-state index in [0.29, 0.717) is 0 Å². The van der Waals surface area contributed by atoms with E-state index in [9.17, 15) is 0 Å². The number of hydrogen-bond donors (Lipinski definition) is 0. The topological polar surface area (TPSA) is 38.9 Å². The molecule has 0 spiro atoms. The minimum absolute atomic E-state index is 0.902. The number of fused-ring (bicyclic) bond motifs is 8. The molecule has 172 valence electrons. The maximum Gasteiger partial charge on any atom is 0.143 e. The van der Waals surface area contributed by atoms with Gasteiger partial charge in [-0.2, -0.15) is 0 Å². The molecule has 0 radical (unpaired) electrons. The predicted octanol–water partition coefficient (Wildman–Crippen LogP) is 9.17. The minimum atomic E-state index is 0.902. The average Bonchev–Trinajstić information content (AvgIpc) is 3.35. The van der Waals surface area contributed by atoms with Crippen LogP contribution < -0.4 is 0 Å². The number of hydrogen-bond acceptors (Lipinski definition) is 3. The standard InChI is InChI=1S/C34H20N2O/c1-2-8-21(9-3-1)32-28-18-15-22-10-7-19-35-33(22)31(28)27-17-16-23(20-29(27)36-32)24-12-6-13-26-25-11-4-5-14-30(25)37-34(24)26/h1-20H. The Labute approximate surface area is 212 Å². The Morgan fingerprint density at radius 3 is 2.35 bits per heavy atom. The van der Waals surface area contributed by atoms with E-state index < -0.39 is 0 Å². The van der Waals surface area contributed by atoms with Gasteiger partial charge in [-0.3, -0.25) is 4.98 Å². The Kier molecular flexibility index (Phi) is 4.23. The number of aromatic nitrogens is 2. The molecule has 0 unspecified atom stereocenters. The molecular weight excluding hydrogens is 452 g/mol. The van der Waals surface area contributed by atoms with Gasteiger partial charge in [0.15, 0.2) is 0 Å². The van der Waals surface area contributed by atoms with Crippen molar-refractivity contribution in [3.63, 3.8) is 0 Å². The number of rotatable bonds is 2. The summed E-state index contributed by atoms with van der Waals surface area (Å²) in [5.41, 5.74) is 7.94. The van der Waals surface area contributed by atoms with E-state index in [1.165, 1.54) is 0 Å². The fourth-order valence-electron chi connectivity index (χ4n) is 5.59. The van der Waals surface area contributed by atoms with Gasteiger partial charge < -0.3 is 4.42 Å². The first-order valence-corrected chi connectivity index (χ1v) is 12.4. The Bertz CT molecular complexity index is 2140. The number of pyridine rings is 2. The summed E-state index contributed by atoms with van der Waals surface area (Å²) in [6.45, 7) is 0. The Balaban J connectivity index is 1.47. The molecule has 5 aromatic carbocycles. The highest BCUT2D eigenvalue weighted by molar-refractivity contribution is 6.21. The Hall–Kier alpha value is -5.02. The van der Waals surface area contributed by atoms with Gasteiger partial charge in [-0.1, -0.05) is 97.1 Å². The van der Waals surface area contributed by atoms with Crippen LogP contribution in [0.2, 0.25) is 0 Å². The number of benzene rings is 5. The van der Waals surface area contributed by atoms with E-state index in [0.717, 1.165) is 76.9 Å². The van der Waals surface area contributed by atoms with E-state index in [1.54, 1.807) is 0 Å². The van der Waals surface area contributed by atoms with Crippen molar-refractivity contribution in [1.82, 2.24) is 9.97 Å². The molecule has 0 N–H and O–H groups in total. The quantitative estimate of drug-likeness (QED) is 0.235. The maximum absolute atomic E-state index is 6.34. The number of para-hydroxylation sites is 2. The molecule has 37 heavy (non-hydrogen) atoms. The van der Waals surface area contributed by atoms with Crippen LogP contribution in [0.15, 0.2) is 126 Å². The van der Waals surface area contributed by atoms with Gasteiger partial charge in [0, 0.05) is 49.6 Å². The summed E-state index contributed by atoms with van der Waals surface area (Å²) in [4.78, 5) is 10.0. The van der Waals surface area contributed by atoms with Crippen LogP contribution in [-0.4, -0.2) is 9.97 Å². The molecule has 8 aromatic rings. The number of nitrogens with zero attached hydrogens (tertiary/aromatic N) is 2. The first kappa shape index (κ1) is 20.2. The van der Waals surface area contributed by atoms with E-state index >= 15 is 0 Å². The zero-order valence-corrected chi connectivity index (χ0v) is 19.8. The monoisotopic (exact) mass is 472 g/mol.